The number of aromatic nitrogens is 1. The fourth-order valence-corrected chi connectivity index (χ4v) is 2.76. The maximum atomic E-state index is 13.5. The summed E-state index contributed by atoms with van der Waals surface area (Å²) in [4.78, 5) is 17.4. The number of thioether (sulfide) groups is 1. The Labute approximate surface area is 110 Å². The van der Waals surface area contributed by atoms with Crippen molar-refractivity contribution in [2.75, 3.05) is 24.6 Å². The molecule has 0 spiro atoms. The molecule has 18 heavy (non-hydrogen) atoms. The van der Waals surface area contributed by atoms with Crippen LogP contribution >= 0.6 is 11.8 Å². The summed E-state index contributed by atoms with van der Waals surface area (Å²) in [5.41, 5.74) is 0.463. The summed E-state index contributed by atoms with van der Waals surface area (Å²) in [6.45, 7) is 3.28. The number of rotatable bonds is 2. The van der Waals surface area contributed by atoms with E-state index in [2.05, 4.69) is 10.3 Å². The largest absolute Gasteiger partial charge is 0.331 e. The van der Waals surface area contributed by atoms with Crippen LogP contribution in [-0.4, -0.2) is 40.5 Å². The zero-order valence-corrected chi connectivity index (χ0v) is 11.0. The molecule has 2 rings (SSSR count). The van der Waals surface area contributed by atoms with Gasteiger partial charge in [-0.15, -0.1) is 0 Å². The van der Waals surface area contributed by atoms with Gasteiger partial charge in [0.15, 0.2) is 0 Å². The maximum absolute atomic E-state index is 13.5. The molecule has 0 radical (unpaired) electrons. The van der Waals surface area contributed by atoms with E-state index >= 15 is 0 Å². The van der Waals surface area contributed by atoms with Crippen molar-refractivity contribution < 1.29 is 9.18 Å². The van der Waals surface area contributed by atoms with E-state index in [1.165, 1.54) is 6.20 Å². The van der Waals surface area contributed by atoms with Crippen molar-refractivity contribution in [2.24, 2.45) is 0 Å². The highest BCUT2D eigenvalue weighted by molar-refractivity contribution is 7.99. The zero-order chi connectivity index (χ0) is 13.0. The van der Waals surface area contributed by atoms with E-state index in [4.69, 9.17) is 0 Å². The molecule has 2 heterocycles. The number of amides is 2. The SMILES string of the molecule is CC(NC(=O)N1CCSCC1)c1ccncc1F. The number of urea groups is 1. The standard InChI is InChI=1S/C12H16FN3OS/c1-9(10-2-3-14-8-11(10)13)15-12(17)16-4-6-18-7-5-16/h2-3,8-9H,4-7H2,1H3,(H,15,17). The van der Waals surface area contributed by atoms with Crippen molar-refractivity contribution >= 4 is 17.8 Å². The number of carbonyl (C=O) groups excluding carboxylic acids is 1. The third-order valence-electron chi connectivity index (χ3n) is 2.91. The highest BCUT2D eigenvalue weighted by atomic mass is 32.2. The lowest BCUT2D eigenvalue weighted by Gasteiger charge is -2.28. The topological polar surface area (TPSA) is 45.2 Å². The van der Waals surface area contributed by atoms with Crippen molar-refractivity contribution in [3.63, 3.8) is 0 Å². The fourth-order valence-electron chi connectivity index (χ4n) is 1.86. The molecule has 98 valence electrons. The lowest BCUT2D eigenvalue weighted by atomic mass is 10.1. The van der Waals surface area contributed by atoms with Gasteiger partial charge in [-0.1, -0.05) is 0 Å². The van der Waals surface area contributed by atoms with Crippen LogP contribution in [0.3, 0.4) is 0 Å². The van der Waals surface area contributed by atoms with Gasteiger partial charge in [0.2, 0.25) is 0 Å². The molecular weight excluding hydrogens is 253 g/mol. The van der Waals surface area contributed by atoms with Crippen molar-refractivity contribution in [2.45, 2.75) is 13.0 Å². The molecular formula is C12H16FN3OS. The Bertz CT molecular complexity index is 424. The summed E-state index contributed by atoms with van der Waals surface area (Å²) in [5.74, 6) is 1.54. The van der Waals surface area contributed by atoms with Crippen LogP contribution in [0, 0.1) is 5.82 Å². The van der Waals surface area contributed by atoms with Gasteiger partial charge in [-0.3, -0.25) is 4.98 Å². The second kappa shape index (κ2) is 6.04. The van der Waals surface area contributed by atoms with Crippen LogP contribution < -0.4 is 5.32 Å². The van der Waals surface area contributed by atoms with E-state index in [1.54, 1.807) is 17.9 Å². The summed E-state index contributed by atoms with van der Waals surface area (Å²) in [5, 5.41) is 2.82. The second-order valence-corrected chi connectivity index (χ2v) is 5.39. The van der Waals surface area contributed by atoms with Crippen LogP contribution in [0.25, 0.3) is 0 Å². The van der Waals surface area contributed by atoms with Gasteiger partial charge in [-0.2, -0.15) is 11.8 Å². The van der Waals surface area contributed by atoms with Crippen molar-refractivity contribution in [1.29, 1.82) is 0 Å². The van der Waals surface area contributed by atoms with Gasteiger partial charge in [-0.25, -0.2) is 9.18 Å². The molecule has 1 atom stereocenters. The predicted molar refractivity (Wildman–Crippen MR) is 70.0 cm³/mol. The normalized spacial score (nSPS) is 17.3. The molecule has 0 bridgehead atoms. The third kappa shape index (κ3) is 3.13. The smallest absolute Gasteiger partial charge is 0.317 e. The van der Waals surface area contributed by atoms with E-state index < -0.39 is 0 Å². The Hall–Kier alpha value is -1.30. The van der Waals surface area contributed by atoms with E-state index in [9.17, 15) is 9.18 Å². The number of nitrogens with zero attached hydrogens (tertiary/aromatic N) is 2. The monoisotopic (exact) mass is 269 g/mol. The van der Waals surface area contributed by atoms with Crippen LogP contribution in [-0.2, 0) is 0 Å². The number of hydrogen-bond donors (Lipinski definition) is 1. The van der Waals surface area contributed by atoms with Crippen LogP contribution in [0.4, 0.5) is 9.18 Å². The second-order valence-electron chi connectivity index (χ2n) is 4.17. The van der Waals surface area contributed by atoms with Crippen LogP contribution in [0.15, 0.2) is 18.5 Å². The summed E-state index contributed by atoms with van der Waals surface area (Å²) in [6.07, 6.45) is 2.69. The number of halogens is 1. The van der Waals surface area contributed by atoms with Gasteiger partial charge < -0.3 is 10.2 Å². The molecule has 0 aromatic carbocycles. The average molecular weight is 269 g/mol. The van der Waals surface area contributed by atoms with Gasteiger partial charge in [0.05, 0.1) is 12.2 Å². The molecule has 1 unspecified atom stereocenters. The Balaban J connectivity index is 1.96. The van der Waals surface area contributed by atoms with Gasteiger partial charge >= 0.3 is 6.03 Å². The number of pyridine rings is 1. The first-order valence-corrected chi connectivity index (χ1v) is 7.06. The predicted octanol–water partition coefficient (Wildman–Crippen LogP) is 2.04. The van der Waals surface area contributed by atoms with Gasteiger partial charge in [0.25, 0.3) is 0 Å². The summed E-state index contributed by atoms with van der Waals surface area (Å²) in [6, 6.07) is 1.11. The minimum Gasteiger partial charge on any atom is -0.331 e. The minimum absolute atomic E-state index is 0.126. The van der Waals surface area contributed by atoms with E-state index in [0.29, 0.717) is 5.56 Å². The Morgan fingerprint density at radius 1 is 1.56 bits per heavy atom. The quantitative estimate of drug-likeness (QED) is 0.893. The third-order valence-corrected chi connectivity index (χ3v) is 3.85. The molecule has 1 fully saturated rings. The van der Waals surface area contributed by atoms with Gasteiger partial charge in [0.1, 0.15) is 5.82 Å². The highest BCUT2D eigenvalue weighted by Crippen LogP contribution is 2.16. The number of hydrogen-bond acceptors (Lipinski definition) is 3. The molecule has 1 aromatic heterocycles. The van der Waals surface area contributed by atoms with Crippen LogP contribution in [0.1, 0.15) is 18.5 Å². The number of nitrogens with one attached hydrogen (secondary N) is 1. The average Bonchev–Trinajstić information content (AvgIpc) is 2.40. The highest BCUT2D eigenvalue weighted by Gasteiger charge is 2.19. The Kier molecular flexibility index (Phi) is 4.41. The van der Waals surface area contributed by atoms with Crippen molar-refractivity contribution in [3.05, 3.63) is 29.8 Å². The summed E-state index contributed by atoms with van der Waals surface area (Å²) < 4.78 is 13.5. The zero-order valence-electron chi connectivity index (χ0n) is 10.2. The lowest BCUT2D eigenvalue weighted by molar-refractivity contribution is 0.199. The number of carbonyl (C=O) groups is 1. The van der Waals surface area contributed by atoms with Gasteiger partial charge in [0, 0.05) is 36.4 Å². The molecule has 1 aliphatic rings. The first-order chi connectivity index (χ1) is 8.68. The molecule has 0 aliphatic carbocycles. The Morgan fingerprint density at radius 2 is 2.28 bits per heavy atom. The molecule has 1 aromatic rings. The molecule has 6 heteroatoms. The minimum atomic E-state index is -0.389. The first-order valence-electron chi connectivity index (χ1n) is 5.91. The lowest BCUT2D eigenvalue weighted by Crippen LogP contribution is -2.45. The maximum Gasteiger partial charge on any atom is 0.317 e. The summed E-state index contributed by atoms with van der Waals surface area (Å²) >= 11 is 1.84. The Morgan fingerprint density at radius 3 is 2.94 bits per heavy atom. The summed E-state index contributed by atoms with van der Waals surface area (Å²) in [7, 11) is 0. The fraction of sp³-hybridized carbons (Fsp3) is 0.500. The molecule has 1 N–H and O–H groups in total. The van der Waals surface area contributed by atoms with E-state index in [-0.39, 0.29) is 17.9 Å². The molecule has 2 amide bonds. The van der Waals surface area contributed by atoms with Crippen LogP contribution in [0.5, 0.6) is 0 Å². The first kappa shape index (κ1) is 13.1. The van der Waals surface area contributed by atoms with E-state index in [0.717, 1.165) is 30.8 Å². The van der Waals surface area contributed by atoms with Gasteiger partial charge in [-0.05, 0) is 13.0 Å². The van der Waals surface area contributed by atoms with E-state index in [1.807, 2.05) is 11.8 Å². The van der Waals surface area contributed by atoms with Crippen LogP contribution in [0.2, 0.25) is 0 Å². The molecule has 1 saturated heterocycles. The molecule has 4 nitrogen and oxygen atoms in total. The van der Waals surface area contributed by atoms with Crippen molar-refractivity contribution in [3.8, 4) is 0 Å². The molecule has 1 aliphatic heterocycles. The van der Waals surface area contributed by atoms with Crippen molar-refractivity contribution in [1.82, 2.24) is 15.2 Å². The molecule has 0 saturated carbocycles.